The second-order valence-corrected chi connectivity index (χ2v) is 11.2. The number of nitrogens with zero attached hydrogens (tertiary/aromatic N) is 1. The van der Waals surface area contributed by atoms with Gasteiger partial charge in [0.2, 0.25) is 5.91 Å². The standard InChI is InChI=1S/C33H37N3O6/c1-3-42-27(37)17-12-21-10-14-24(15-11-21)34-32(41)33(18-6-7-19-33)35-30(38)23-13-16-25-26(20-23)36(2)29(31(39)40)28(25)22-8-4-5-9-22/h10-17,20,22H,3-9,18-19H2,1-2H3,(H,34,41)(H,35,38)(H,39,40)/b17-12+. The Bertz CT molecular complexity index is 1540. The highest BCUT2D eigenvalue weighted by molar-refractivity contribution is 6.06. The summed E-state index contributed by atoms with van der Waals surface area (Å²) in [5, 5.41) is 16.9. The number of rotatable bonds is 9. The number of aryl methyl sites for hydroxylation is 1. The zero-order valence-corrected chi connectivity index (χ0v) is 24.1. The molecule has 0 atom stereocenters. The number of benzene rings is 2. The molecule has 1 aromatic heterocycles. The highest BCUT2D eigenvalue weighted by Crippen LogP contribution is 2.41. The van der Waals surface area contributed by atoms with Crippen molar-refractivity contribution in [2.75, 3.05) is 11.9 Å². The van der Waals surface area contributed by atoms with Crippen molar-refractivity contribution in [1.82, 2.24) is 9.88 Å². The van der Waals surface area contributed by atoms with Gasteiger partial charge in [-0.25, -0.2) is 9.59 Å². The molecular formula is C33H37N3O6. The fourth-order valence-corrected chi connectivity index (χ4v) is 6.45. The molecule has 1 heterocycles. The van der Waals surface area contributed by atoms with Crippen molar-refractivity contribution >= 4 is 46.4 Å². The Balaban J connectivity index is 1.34. The highest BCUT2D eigenvalue weighted by Gasteiger charge is 2.42. The molecule has 2 saturated carbocycles. The highest BCUT2D eigenvalue weighted by atomic mass is 16.5. The van der Waals surface area contributed by atoms with Crippen LogP contribution in [0.25, 0.3) is 17.0 Å². The molecule has 5 rings (SSSR count). The molecule has 9 nitrogen and oxygen atoms in total. The summed E-state index contributed by atoms with van der Waals surface area (Å²) >= 11 is 0. The molecule has 0 bridgehead atoms. The van der Waals surface area contributed by atoms with E-state index in [0.717, 1.165) is 55.0 Å². The molecule has 0 radical (unpaired) electrons. The Morgan fingerprint density at radius 1 is 1.02 bits per heavy atom. The summed E-state index contributed by atoms with van der Waals surface area (Å²) in [5.74, 6) is -1.83. The lowest BCUT2D eigenvalue weighted by Gasteiger charge is -2.29. The van der Waals surface area contributed by atoms with E-state index < -0.39 is 17.5 Å². The fourth-order valence-electron chi connectivity index (χ4n) is 6.45. The normalized spacial score (nSPS) is 16.6. The molecule has 0 saturated heterocycles. The average Bonchev–Trinajstić information content (AvgIpc) is 3.73. The van der Waals surface area contributed by atoms with Crippen LogP contribution in [0.15, 0.2) is 48.5 Å². The van der Waals surface area contributed by atoms with Crippen LogP contribution in [0.3, 0.4) is 0 Å². The van der Waals surface area contributed by atoms with Crippen LogP contribution in [-0.2, 0) is 21.4 Å². The van der Waals surface area contributed by atoms with Crippen molar-refractivity contribution in [3.63, 3.8) is 0 Å². The maximum Gasteiger partial charge on any atom is 0.352 e. The number of hydrogen-bond donors (Lipinski definition) is 3. The van der Waals surface area contributed by atoms with E-state index in [2.05, 4.69) is 10.6 Å². The minimum atomic E-state index is -1.05. The van der Waals surface area contributed by atoms with Gasteiger partial charge in [0.25, 0.3) is 5.91 Å². The predicted molar refractivity (Wildman–Crippen MR) is 160 cm³/mol. The first kappa shape index (κ1) is 29.1. The maximum absolute atomic E-state index is 13.6. The van der Waals surface area contributed by atoms with Gasteiger partial charge in [-0.3, -0.25) is 9.59 Å². The van der Waals surface area contributed by atoms with E-state index in [1.54, 1.807) is 61.0 Å². The van der Waals surface area contributed by atoms with Crippen LogP contribution < -0.4 is 10.6 Å². The van der Waals surface area contributed by atoms with Crippen LogP contribution in [-0.4, -0.2) is 45.6 Å². The van der Waals surface area contributed by atoms with Crippen molar-refractivity contribution in [3.05, 3.63) is 70.9 Å². The van der Waals surface area contributed by atoms with Crippen molar-refractivity contribution in [3.8, 4) is 0 Å². The molecule has 2 aliphatic carbocycles. The van der Waals surface area contributed by atoms with E-state index in [1.807, 2.05) is 6.07 Å². The van der Waals surface area contributed by atoms with Gasteiger partial charge < -0.3 is 25.0 Å². The Labute approximate surface area is 244 Å². The Hall–Kier alpha value is -4.40. The van der Waals surface area contributed by atoms with Gasteiger partial charge in [-0.05, 0) is 80.0 Å². The quantitative estimate of drug-likeness (QED) is 0.220. The number of carbonyl (C=O) groups is 4. The van der Waals surface area contributed by atoms with Crippen molar-refractivity contribution in [1.29, 1.82) is 0 Å². The number of anilines is 1. The molecule has 0 aliphatic heterocycles. The third-order valence-corrected chi connectivity index (χ3v) is 8.58. The Morgan fingerprint density at radius 3 is 2.36 bits per heavy atom. The predicted octanol–water partition coefficient (Wildman–Crippen LogP) is 5.79. The van der Waals surface area contributed by atoms with Gasteiger partial charge in [-0.1, -0.05) is 43.9 Å². The number of ether oxygens (including phenoxy) is 1. The van der Waals surface area contributed by atoms with Crippen LogP contribution in [0, 0.1) is 0 Å². The summed E-state index contributed by atoms with van der Waals surface area (Å²) in [4.78, 5) is 50.9. The van der Waals surface area contributed by atoms with Crippen LogP contribution in [0.2, 0.25) is 0 Å². The van der Waals surface area contributed by atoms with E-state index in [0.29, 0.717) is 36.2 Å². The van der Waals surface area contributed by atoms with Gasteiger partial charge in [0, 0.05) is 35.3 Å². The summed E-state index contributed by atoms with van der Waals surface area (Å²) in [6, 6.07) is 12.4. The number of fused-ring (bicyclic) bond motifs is 1. The van der Waals surface area contributed by atoms with E-state index >= 15 is 0 Å². The van der Waals surface area contributed by atoms with Gasteiger partial charge in [-0.15, -0.1) is 0 Å². The lowest BCUT2D eigenvalue weighted by Crippen LogP contribution is -2.55. The molecule has 3 aromatic rings. The molecule has 2 amide bonds. The van der Waals surface area contributed by atoms with E-state index in [1.165, 1.54) is 6.08 Å². The number of aromatic carboxylic acids is 1. The second kappa shape index (κ2) is 12.2. The average molecular weight is 572 g/mol. The van der Waals surface area contributed by atoms with Crippen molar-refractivity contribution in [2.24, 2.45) is 7.05 Å². The first-order valence-corrected chi connectivity index (χ1v) is 14.7. The molecule has 9 heteroatoms. The molecule has 2 aliphatic rings. The first-order chi connectivity index (χ1) is 20.2. The van der Waals surface area contributed by atoms with E-state index in [4.69, 9.17) is 4.74 Å². The number of esters is 1. The van der Waals surface area contributed by atoms with Gasteiger partial charge in [0.05, 0.1) is 6.61 Å². The molecule has 0 unspecified atom stereocenters. The summed E-state index contributed by atoms with van der Waals surface area (Å²) in [6.07, 6.45) is 9.76. The third kappa shape index (κ3) is 5.82. The van der Waals surface area contributed by atoms with Gasteiger partial charge in [-0.2, -0.15) is 0 Å². The fraction of sp³-hybridized carbons (Fsp3) is 0.394. The maximum atomic E-state index is 13.6. The zero-order chi connectivity index (χ0) is 29.9. The smallest absolute Gasteiger partial charge is 0.352 e. The van der Waals surface area contributed by atoms with Gasteiger partial charge in [0.15, 0.2) is 0 Å². The van der Waals surface area contributed by atoms with Crippen LogP contribution in [0.1, 0.15) is 96.2 Å². The number of hydrogen-bond acceptors (Lipinski definition) is 5. The molecule has 220 valence electrons. The zero-order valence-electron chi connectivity index (χ0n) is 24.1. The van der Waals surface area contributed by atoms with E-state index in [9.17, 15) is 24.3 Å². The summed E-state index contributed by atoms with van der Waals surface area (Å²) in [5.41, 5.74) is 2.54. The number of carbonyl (C=O) groups excluding carboxylic acids is 3. The van der Waals surface area contributed by atoms with Crippen LogP contribution >= 0.6 is 0 Å². The number of carboxylic acid groups (broad SMARTS) is 1. The van der Waals surface area contributed by atoms with E-state index in [-0.39, 0.29) is 23.4 Å². The lowest BCUT2D eigenvalue weighted by atomic mass is 9.93. The summed E-state index contributed by atoms with van der Waals surface area (Å²) in [6.45, 7) is 2.05. The Morgan fingerprint density at radius 2 is 1.71 bits per heavy atom. The van der Waals surface area contributed by atoms with Gasteiger partial charge >= 0.3 is 11.9 Å². The van der Waals surface area contributed by atoms with Gasteiger partial charge in [0.1, 0.15) is 11.2 Å². The summed E-state index contributed by atoms with van der Waals surface area (Å²) in [7, 11) is 1.73. The first-order valence-electron chi connectivity index (χ1n) is 14.7. The topological polar surface area (TPSA) is 127 Å². The number of amides is 2. The molecular weight excluding hydrogens is 534 g/mol. The third-order valence-electron chi connectivity index (χ3n) is 8.58. The van der Waals surface area contributed by atoms with Crippen LogP contribution in [0.4, 0.5) is 5.69 Å². The molecule has 0 spiro atoms. The lowest BCUT2D eigenvalue weighted by molar-refractivity contribution is -0.137. The largest absolute Gasteiger partial charge is 0.477 e. The van der Waals surface area contributed by atoms with Crippen molar-refractivity contribution in [2.45, 2.75) is 69.7 Å². The SMILES string of the molecule is CCOC(=O)/C=C/c1ccc(NC(=O)C2(NC(=O)c3ccc4c(C5CCCC5)c(C(=O)O)n(C)c4c3)CCCC2)cc1. The second-order valence-electron chi connectivity index (χ2n) is 11.2. The number of aromatic nitrogens is 1. The molecule has 2 aromatic carbocycles. The number of carboxylic acids is 1. The number of nitrogens with one attached hydrogen (secondary N) is 2. The van der Waals surface area contributed by atoms with Crippen LogP contribution in [0.5, 0.6) is 0 Å². The summed E-state index contributed by atoms with van der Waals surface area (Å²) < 4.78 is 6.57. The monoisotopic (exact) mass is 571 g/mol. The molecule has 2 fully saturated rings. The molecule has 3 N–H and O–H groups in total. The van der Waals surface area contributed by atoms with Crippen molar-refractivity contribution < 1.29 is 29.0 Å². The minimum Gasteiger partial charge on any atom is -0.477 e. The Kier molecular flexibility index (Phi) is 8.47. The minimum absolute atomic E-state index is 0.201. The molecule has 42 heavy (non-hydrogen) atoms.